The molecule has 0 aliphatic heterocycles. The fraction of sp³-hybridized carbons (Fsp3) is 0.200. The summed E-state index contributed by atoms with van der Waals surface area (Å²) in [6, 6.07) is 9.94. The molecule has 0 aliphatic rings. The van der Waals surface area contributed by atoms with E-state index in [0.29, 0.717) is 5.56 Å². The van der Waals surface area contributed by atoms with Gasteiger partial charge in [0.1, 0.15) is 0 Å². The molecule has 2 aromatic heterocycles. The van der Waals surface area contributed by atoms with Crippen molar-refractivity contribution in [2.75, 3.05) is 7.05 Å². The van der Waals surface area contributed by atoms with Gasteiger partial charge in [-0.15, -0.1) is 0 Å². The maximum atomic E-state index is 12.1. The molecule has 3 rings (SSSR count). The summed E-state index contributed by atoms with van der Waals surface area (Å²) in [6.07, 6.45) is 0. The topological polar surface area (TPSA) is 46.4 Å². The van der Waals surface area contributed by atoms with Gasteiger partial charge < -0.3 is 5.32 Å². The van der Waals surface area contributed by atoms with Crippen LogP contribution in [0.15, 0.2) is 30.3 Å². The first kappa shape index (κ1) is 11.7. The van der Waals surface area contributed by atoms with Crippen LogP contribution in [-0.4, -0.2) is 22.3 Å². The summed E-state index contributed by atoms with van der Waals surface area (Å²) < 4.78 is 2.03. The predicted molar refractivity (Wildman–Crippen MR) is 75.6 cm³/mol. The van der Waals surface area contributed by atoms with Crippen LogP contribution in [-0.2, 0) is 0 Å². The van der Waals surface area contributed by atoms with Gasteiger partial charge in [0.2, 0.25) is 0 Å². The fourth-order valence-corrected chi connectivity index (χ4v) is 2.58. The van der Waals surface area contributed by atoms with Crippen LogP contribution in [0.3, 0.4) is 0 Å². The molecule has 0 fully saturated rings. The summed E-state index contributed by atoms with van der Waals surface area (Å²) in [5.74, 6) is -0.0993. The van der Waals surface area contributed by atoms with Crippen LogP contribution < -0.4 is 5.32 Å². The van der Waals surface area contributed by atoms with Gasteiger partial charge in [-0.05, 0) is 37.6 Å². The summed E-state index contributed by atoms with van der Waals surface area (Å²) in [5, 5.41) is 2.69. The average molecular weight is 253 g/mol. The van der Waals surface area contributed by atoms with Gasteiger partial charge in [0.15, 0.2) is 5.65 Å². The number of pyridine rings is 1. The number of imidazole rings is 1. The first-order chi connectivity index (χ1) is 9.13. The number of hydrogen-bond donors (Lipinski definition) is 1. The van der Waals surface area contributed by atoms with E-state index in [1.165, 1.54) is 0 Å². The van der Waals surface area contributed by atoms with Crippen molar-refractivity contribution in [1.82, 2.24) is 14.7 Å². The first-order valence-corrected chi connectivity index (χ1v) is 6.23. The molecule has 0 saturated heterocycles. The Hall–Kier alpha value is -2.36. The zero-order valence-corrected chi connectivity index (χ0v) is 11.2. The summed E-state index contributed by atoms with van der Waals surface area (Å²) in [6.45, 7) is 3.97. The Morgan fingerprint density at radius 3 is 2.74 bits per heavy atom. The van der Waals surface area contributed by atoms with Crippen LogP contribution in [0.1, 0.15) is 21.6 Å². The van der Waals surface area contributed by atoms with E-state index in [1.54, 1.807) is 7.05 Å². The van der Waals surface area contributed by atoms with Gasteiger partial charge >= 0.3 is 0 Å². The zero-order chi connectivity index (χ0) is 13.6. The number of benzene rings is 1. The van der Waals surface area contributed by atoms with Crippen molar-refractivity contribution in [1.29, 1.82) is 0 Å². The number of rotatable bonds is 1. The van der Waals surface area contributed by atoms with Gasteiger partial charge in [-0.25, -0.2) is 4.98 Å². The third-order valence-corrected chi connectivity index (χ3v) is 3.41. The molecule has 96 valence electrons. The minimum absolute atomic E-state index is 0.0993. The highest BCUT2D eigenvalue weighted by molar-refractivity contribution is 6.02. The van der Waals surface area contributed by atoms with Crippen molar-refractivity contribution in [3.05, 3.63) is 47.2 Å². The van der Waals surface area contributed by atoms with Crippen LogP contribution >= 0.6 is 0 Å². The normalized spacial score (nSPS) is 11.1. The highest BCUT2D eigenvalue weighted by Crippen LogP contribution is 2.23. The van der Waals surface area contributed by atoms with Crippen LogP contribution in [0, 0.1) is 13.8 Å². The molecule has 0 spiro atoms. The second kappa shape index (κ2) is 4.09. The number of aryl methyl sites for hydroxylation is 2. The maximum Gasteiger partial charge on any atom is 0.255 e. The molecule has 3 aromatic rings. The van der Waals surface area contributed by atoms with Crippen molar-refractivity contribution in [2.24, 2.45) is 0 Å². The Morgan fingerprint density at radius 2 is 2.00 bits per heavy atom. The number of nitrogens with one attached hydrogen (secondary N) is 1. The lowest BCUT2D eigenvalue weighted by molar-refractivity contribution is 0.0963. The van der Waals surface area contributed by atoms with Gasteiger partial charge in [0, 0.05) is 12.7 Å². The molecule has 0 radical (unpaired) electrons. The standard InChI is InChI=1S/C15H15N3O/c1-9-8-10(2)18-12-7-5-4-6-11(12)17-14(18)13(9)15(19)16-3/h4-8H,1-3H3,(H,16,19). The SMILES string of the molecule is CNC(=O)c1c(C)cc(C)n2c1nc1ccccc12. The molecule has 1 amide bonds. The number of carbonyl (C=O) groups is 1. The van der Waals surface area contributed by atoms with Gasteiger partial charge in [-0.3, -0.25) is 9.20 Å². The molecule has 4 heteroatoms. The number of para-hydroxylation sites is 2. The van der Waals surface area contributed by atoms with Crippen molar-refractivity contribution >= 4 is 22.6 Å². The van der Waals surface area contributed by atoms with E-state index in [0.717, 1.165) is 27.9 Å². The highest BCUT2D eigenvalue weighted by atomic mass is 16.1. The molecule has 4 nitrogen and oxygen atoms in total. The number of aromatic nitrogens is 2. The number of amides is 1. The molecule has 0 atom stereocenters. The molecule has 0 bridgehead atoms. The largest absolute Gasteiger partial charge is 0.355 e. The van der Waals surface area contributed by atoms with Crippen LogP contribution in [0.25, 0.3) is 16.7 Å². The van der Waals surface area contributed by atoms with Gasteiger partial charge in [0.05, 0.1) is 16.6 Å². The third kappa shape index (κ3) is 1.60. The second-order valence-corrected chi connectivity index (χ2v) is 4.68. The molecule has 0 aliphatic carbocycles. The summed E-state index contributed by atoms with van der Waals surface area (Å²) in [5.41, 5.74) is 5.32. The lowest BCUT2D eigenvalue weighted by Crippen LogP contribution is -2.20. The predicted octanol–water partition coefficient (Wildman–Crippen LogP) is 2.46. The summed E-state index contributed by atoms with van der Waals surface area (Å²) in [7, 11) is 1.64. The Balaban J connectivity index is 2.54. The monoisotopic (exact) mass is 253 g/mol. The van der Waals surface area contributed by atoms with Gasteiger partial charge in [0.25, 0.3) is 5.91 Å². The maximum absolute atomic E-state index is 12.1. The van der Waals surface area contributed by atoms with Crippen LogP contribution in [0.5, 0.6) is 0 Å². The van der Waals surface area contributed by atoms with E-state index >= 15 is 0 Å². The van der Waals surface area contributed by atoms with Gasteiger partial charge in [-0.2, -0.15) is 0 Å². The van der Waals surface area contributed by atoms with Gasteiger partial charge in [-0.1, -0.05) is 12.1 Å². The molecular formula is C15H15N3O. The summed E-state index contributed by atoms with van der Waals surface area (Å²) >= 11 is 0. The minimum atomic E-state index is -0.0993. The number of fused-ring (bicyclic) bond motifs is 3. The smallest absolute Gasteiger partial charge is 0.255 e. The molecule has 1 N–H and O–H groups in total. The second-order valence-electron chi connectivity index (χ2n) is 4.68. The van der Waals surface area contributed by atoms with E-state index in [4.69, 9.17) is 0 Å². The van der Waals surface area contributed by atoms with Crippen LogP contribution in [0.2, 0.25) is 0 Å². The molecule has 19 heavy (non-hydrogen) atoms. The quantitative estimate of drug-likeness (QED) is 0.724. The van der Waals surface area contributed by atoms with Crippen LogP contribution in [0.4, 0.5) is 0 Å². The Labute approximate surface area is 111 Å². The van der Waals surface area contributed by atoms with Crippen molar-refractivity contribution in [2.45, 2.75) is 13.8 Å². The van der Waals surface area contributed by atoms with Crippen molar-refractivity contribution < 1.29 is 4.79 Å². The van der Waals surface area contributed by atoms with E-state index in [9.17, 15) is 4.79 Å². The lowest BCUT2D eigenvalue weighted by atomic mass is 10.1. The fourth-order valence-electron chi connectivity index (χ4n) is 2.58. The van der Waals surface area contributed by atoms with E-state index < -0.39 is 0 Å². The number of hydrogen-bond acceptors (Lipinski definition) is 2. The van der Waals surface area contributed by atoms with Crippen molar-refractivity contribution in [3.63, 3.8) is 0 Å². The van der Waals surface area contributed by atoms with E-state index in [2.05, 4.69) is 10.3 Å². The lowest BCUT2D eigenvalue weighted by Gasteiger charge is -2.09. The molecule has 0 unspecified atom stereocenters. The molecule has 1 aromatic carbocycles. The minimum Gasteiger partial charge on any atom is -0.355 e. The first-order valence-electron chi connectivity index (χ1n) is 6.23. The third-order valence-electron chi connectivity index (χ3n) is 3.41. The van der Waals surface area contributed by atoms with E-state index in [-0.39, 0.29) is 5.91 Å². The number of carbonyl (C=O) groups excluding carboxylic acids is 1. The highest BCUT2D eigenvalue weighted by Gasteiger charge is 2.17. The summed E-state index contributed by atoms with van der Waals surface area (Å²) in [4.78, 5) is 16.7. The van der Waals surface area contributed by atoms with Crippen molar-refractivity contribution in [3.8, 4) is 0 Å². The number of nitrogens with zero attached hydrogens (tertiary/aromatic N) is 2. The Kier molecular flexibility index (Phi) is 2.52. The molecule has 2 heterocycles. The Bertz CT molecular complexity index is 802. The zero-order valence-electron chi connectivity index (χ0n) is 11.2. The molecular weight excluding hydrogens is 238 g/mol. The Morgan fingerprint density at radius 1 is 1.26 bits per heavy atom. The molecule has 0 saturated carbocycles. The van der Waals surface area contributed by atoms with E-state index in [1.807, 2.05) is 48.6 Å². The average Bonchev–Trinajstić information content (AvgIpc) is 2.77.